The number of nitrogens with one attached hydrogen (secondary N) is 2. The quantitative estimate of drug-likeness (QED) is 0.782. The first kappa shape index (κ1) is 21.7. The van der Waals surface area contributed by atoms with Gasteiger partial charge in [0.25, 0.3) is 5.91 Å². The molecule has 0 saturated carbocycles. The number of hydrogen-bond donors (Lipinski definition) is 2. The van der Waals surface area contributed by atoms with E-state index in [9.17, 15) is 13.2 Å². The fourth-order valence-electron chi connectivity index (χ4n) is 3.02. The Bertz CT molecular complexity index is 686. The third kappa shape index (κ3) is 6.49. The first-order chi connectivity index (χ1) is 11.3. The van der Waals surface area contributed by atoms with Crippen molar-refractivity contribution in [2.24, 2.45) is 5.92 Å². The molecule has 2 rings (SSSR count). The molecule has 1 amide bonds. The number of rotatable bonds is 6. The molecule has 0 aliphatic carbocycles. The van der Waals surface area contributed by atoms with Crippen LogP contribution in [0.2, 0.25) is 0 Å². The van der Waals surface area contributed by atoms with Crippen LogP contribution in [0.3, 0.4) is 0 Å². The molecule has 1 aromatic rings. The summed E-state index contributed by atoms with van der Waals surface area (Å²) in [5, 5.41) is 3.17. The number of nitrogens with zero attached hydrogens (tertiary/aromatic N) is 1. The van der Waals surface area contributed by atoms with Crippen molar-refractivity contribution in [3.05, 3.63) is 29.3 Å². The van der Waals surface area contributed by atoms with Crippen LogP contribution >= 0.6 is 12.4 Å². The number of benzene rings is 1. The van der Waals surface area contributed by atoms with E-state index in [0.717, 1.165) is 50.7 Å². The number of carbonyl (C=O) groups is 1. The predicted molar refractivity (Wildman–Crippen MR) is 104 cm³/mol. The van der Waals surface area contributed by atoms with Gasteiger partial charge in [0.1, 0.15) is 0 Å². The molecule has 8 heteroatoms. The van der Waals surface area contributed by atoms with Gasteiger partial charge in [-0.25, -0.2) is 8.42 Å². The van der Waals surface area contributed by atoms with E-state index in [1.165, 1.54) is 0 Å². The molecule has 1 heterocycles. The summed E-state index contributed by atoms with van der Waals surface area (Å²) in [7, 11) is -1.41. The maximum Gasteiger partial charge on any atom is 0.253 e. The minimum atomic E-state index is -3.36. The van der Waals surface area contributed by atoms with Crippen molar-refractivity contribution in [3.8, 4) is 0 Å². The predicted octanol–water partition coefficient (Wildman–Crippen LogP) is 2.25. The topological polar surface area (TPSA) is 78.5 Å². The van der Waals surface area contributed by atoms with Gasteiger partial charge in [-0.15, -0.1) is 12.4 Å². The van der Waals surface area contributed by atoms with Crippen molar-refractivity contribution in [2.75, 3.05) is 37.7 Å². The number of aryl methyl sites for hydroxylation is 1. The van der Waals surface area contributed by atoms with Crippen LogP contribution < -0.4 is 10.0 Å². The molecule has 0 aromatic heterocycles. The molecule has 1 fully saturated rings. The van der Waals surface area contributed by atoms with Crippen LogP contribution in [0, 0.1) is 12.8 Å². The van der Waals surface area contributed by atoms with Gasteiger partial charge in [-0.05, 0) is 63.4 Å². The van der Waals surface area contributed by atoms with Gasteiger partial charge < -0.3 is 10.2 Å². The van der Waals surface area contributed by atoms with E-state index in [4.69, 9.17) is 0 Å². The average Bonchev–Trinajstić information content (AvgIpc) is 2.53. The van der Waals surface area contributed by atoms with Gasteiger partial charge in [0.2, 0.25) is 10.0 Å². The maximum atomic E-state index is 12.7. The van der Waals surface area contributed by atoms with Gasteiger partial charge in [0.05, 0.1) is 11.9 Å². The SMILES string of the molecule is CNCCC1CCN(C(=O)c2ccc(C)c(NS(C)(=O)=O)c2)CC1.Cl. The Balaban J connectivity index is 0.00000312. The Hall–Kier alpha value is -1.31. The van der Waals surface area contributed by atoms with Crippen LogP contribution in [0.25, 0.3) is 0 Å². The number of sulfonamides is 1. The lowest BCUT2D eigenvalue weighted by atomic mass is 9.93. The summed E-state index contributed by atoms with van der Waals surface area (Å²) < 4.78 is 25.4. The molecule has 25 heavy (non-hydrogen) atoms. The van der Waals surface area contributed by atoms with E-state index in [1.807, 2.05) is 18.9 Å². The lowest BCUT2D eigenvalue weighted by Gasteiger charge is -2.32. The molecule has 0 spiro atoms. The molecular weight excluding hydrogens is 362 g/mol. The van der Waals surface area contributed by atoms with Crippen LogP contribution in [-0.2, 0) is 10.0 Å². The van der Waals surface area contributed by atoms with E-state index in [2.05, 4.69) is 10.0 Å². The Morgan fingerprint density at radius 2 is 1.92 bits per heavy atom. The Kier molecular flexibility index (Phi) is 8.18. The number of carbonyl (C=O) groups excluding carboxylic acids is 1. The summed E-state index contributed by atoms with van der Waals surface area (Å²) >= 11 is 0. The summed E-state index contributed by atoms with van der Waals surface area (Å²) in [5.41, 5.74) is 1.79. The molecule has 1 aliphatic rings. The zero-order valence-electron chi connectivity index (χ0n) is 15.0. The molecule has 6 nitrogen and oxygen atoms in total. The zero-order chi connectivity index (χ0) is 17.7. The van der Waals surface area contributed by atoms with Gasteiger partial charge in [0, 0.05) is 18.7 Å². The molecule has 0 atom stereocenters. The highest BCUT2D eigenvalue weighted by Gasteiger charge is 2.23. The molecule has 142 valence electrons. The average molecular weight is 390 g/mol. The number of hydrogen-bond acceptors (Lipinski definition) is 4. The highest BCUT2D eigenvalue weighted by molar-refractivity contribution is 7.92. The van der Waals surface area contributed by atoms with E-state index < -0.39 is 10.0 Å². The Labute approximate surface area is 156 Å². The molecule has 0 radical (unpaired) electrons. The molecule has 1 aromatic carbocycles. The molecule has 0 unspecified atom stereocenters. The van der Waals surface area contributed by atoms with Gasteiger partial charge in [-0.1, -0.05) is 6.07 Å². The summed E-state index contributed by atoms with van der Waals surface area (Å²) in [6.07, 6.45) is 4.30. The van der Waals surface area contributed by atoms with E-state index in [-0.39, 0.29) is 18.3 Å². The van der Waals surface area contributed by atoms with Crippen LogP contribution in [0.15, 0.2) is 18.2 Å². The molecule has 1 aliphatic heterocycles. The van der Waals surface area contributed by atoms with Crippen molar-refractivity contribution >= 4 is 34.0 Å². The molecular formula is C17H28ClN3O3S. The number of halogens is 1. The number of anilines is 1. The first-order valence-electron chi connectivity index (χ1n) is 8.32. The minimum Gasteiger partial charge on any atom is -0.339 e. The van der Waals surface area contributed by atoms with Crippen molar-refractivity contribution < 1.29 is 13.2 Å². The van der Waals surface area contributed by atoms with Gasteiger partial charge in [-0.2, -0.15) is 0 Å². The highest BCUT2D eigenvalue weighted by atomic mass is 35.5. The Morgan fingerprint density at radius 3 is 2.48 bits per heavy atom. The smallest absolute Gasteiger partial charge is 0.253 e. The van der Waals surface area contributed by atoms with Gasteiger partial charge in [-0.3, -0.25) is 9.52 Å². The van der Waals surface area contributed by atoms with Crippen LogP contribution in [0.4, 0.5) is 5.69 Å². The van der Waals surface area contributed by atoms with Crippen LogP contribution in [0.1, 0.15) is 35.2 Å². The first-order valence-corrected chi connectivity index (χ1v) is 10.2. The third-order valence-corrected chi connectivity index (χ3v) is 5.07. The van der Waals surface area contributed by atoms with Crippen LogP contribution in [0.5, 0.6) is 0 Å². The van der Waals surface area contributed by atoms with E-state index >= 15 is 0 Å². The molecule has 1 saturated heterocycles. The summed E-state index contributed by atoms with van der Waals surface area (Å²) in [6, 6.07) is 5.17. The normalized spacial score (nSPS) is 15.6. The third-order valence-electron chi connectivity index (χ3n) is 4.48. The van der Waals surface area contributed by atoms with Crippen LogP contribution in [-0.4, -0.2) is 52.2 Å². The number of piperidine rings is 1. The zero-order valence-corrected chi connectivity index (χ0v) is 16.7. The fourth-order valence-corrected chi connectivity index (χ4v) is 3.64. The highest BCUT2D eigenvalue weighted by Crippen LogP contribution is 2.23. The lowest BCUT2D eigenvalue weighted by molar-refractivity contribution is 0.0687. The second-order valence-corrected chi connectivity index (χ2v) is 8.28. The summed E-state index contributed by atoms with van der Waals surface area (Å²) in [4.78, 5) is 14.6. The standard InChI is InChI=1S/C17H27N3O3S.ClH/c1-13-4-5-15(12-16(13)19-24(3,22)23)17(21)20-10-7-14(8-11-20)6-9-18-2;/h4-5,12,14,18-19H,6-11H2,1-3H3;1H. The van der Waals surface area contributed by atoms with E-state index in [0.29, 0.717) is 17.2 Å². The lowest BCUT2D eigenvalue weighted by Crippen LogP contribution is -2.39. The summed E-state index contributed by atoms with van der Waals surface area (Å²) in [5.74, 6) is 0.639. The van der Waals surface area contributed by atoms with Gasteiger partial charge >= 0.3 is 0 Å². The van der Waals surface area contributed by atoms with E-state index in [1.54, 1.807) is 18.2 Å². The maximum absolute atomic E-state index is 12.7. The largest absolute Gasteiger partial charge is 0.339 e. The van der Waals surface area contributed by atoms with Crippen molar-refractivity contribution in [1.29, 1.82) is 0 Å². The monoisotopic (exact) mass is 389 g/mol. The van der Waals surface area contributed by atoms with Crippen molar-refractivity contribution in [2.45, 2.75) is 26.2 Å². The Morgan fingerprint density at radius 1 is 1.28 bits per heavy atom. The van der Waals surface area contributed by atoms with Crippen molar-refractivity contribution in [1.82, 2.24) is 10.2 Å². The molecule has 2 N–H and O–H groups in total. The second kappa shape index (κ2) is 9.40. The molecule has 0 bridgehead atoms. The second-order valence-electron chi connectivity index (χ2n) is 6.53. The number of likely N-dealkylation sites (tertiary alicyclic amines) is 1. The van der Waals surface area contributed by atoms with Crippen molar-refractivity contribution in [3.63, 3.8) is 0 Å². The van der Waals surface area contributed by atoms with Gasteiger partial charge in [0.15, 0.2) is 0 Å². The summed E-state index contributed by atoms with van der Waals surface area (Å²) in [6.45, 7) is 4.35. The minimum absolute atomic E-state index is 0. The fraction of sp³-hybridized carbons (Fsp3) is 0.588. The number of amides is 1.